The summed E-state index contributed by atoms with van der Waals surface area (Å²) in [6.45, 7) is 14.1. The van der Waals surface area contributed by atoms with Crippen LogP contribution in [0.3, 0.4) is 0 Å². The molecule has 1 saturated heterocycles. The van der Waals surface area contributed by atoms with Crippen molar-refractivity contribution < 1.29 is 18.4 Å². The molecule has 0 unspecified atom stereocenters. The zero-order valence-corrected chi connectivity index (χ0v) is 23.1. The van der Waals surface area contributed by atoms with Gasteiger partial charge in [0, 0.05) is 19.6 Å². The Morgan fingerprint density at radius 1 is 0.970 bits per heavy atom. The van der Waals surface area contributed by atoms with Crippen molar-refractivity contribution in [3.8, 4) is 0 Å². The summed E-state index contributed by atoms with van der Waals surface area (Å²) in [5.41, 5.74) is 0.333. The number of hydrogen-bond donors (Lipinski definition) is 0. The Bertz CT molecular complexity index is 854. The van der Waals surface area contributed by atoms with Gasteiger partial charge in [0.1, 0.15) is 0 Å². The van der Waals surface area contributed by atoms with Gasteiger partial charge in [0.25, 0.3) is 8.32 Å². The number of ether oxygens (including phenoxy) is 1. The van der Waals surface area contributed by atoms with Gasteiger partial charge in [0.2, 0.25) is 0 Å². The van der Waals surface area contributed by atoms with Crippen LogP contribution in [0, 0.1) is 0 Å². The van der Waals surface area contributed by atoms with Crippen LogP contribution in [0.15, 0.2) is 60.7 Å². The second-order valence-electron chi connectivity index (χ2n) is 10.7. The molecule has 0 N–H and O–H groups in total. The SMILES string of the molecule is CC(=O)OCC[C@H]1C[C@@H](CCO[Si](C)(C)C(C)(C)C)O[Si]1(c1ccccc1)c1ccccc1. The molecule has 6 heteroatoms. The molecule has 0 amide bonds. The van der Waals surface area contributed by atoms with Crippen molar-refractivity contribution in [2.24, 2.45) is 0 Å². The number of carbonyl (C=O) groups excluding carboxylic acids is 1. The third kappa shape index (κ3) is 6.04. The normalized spacial score (nSPS) is 20.5. The molecule has 0 bridgehead atoms. The third-order valence-electron chi connectivity index (χ3n) is 7.36. The highest BCUT2D eigenvalue weighted by Crippen LogP contribution is 2.42. The standard InChI is InChI=1S/C27H40O4Si2/c1-22(28)29-19-18-26-21-23(17-20-30-32(5,6)27(2,3)4)31-33(26,24-13-9-7-10-14-24)25-15-11-8-12-16-25/h7-16,23,26H,17-21H2,1-6H3/t23-,26+/m1/s1. The quantitative estimate of drug-likeness (QED) is 0.359. The van der Waals surface area contributed by atoms with Crippen LogP contribution < -0.4 is 10.4 Å². The van der Waals surface area contributed by atoms with Gasteiger partial charge in [-0.05, 0) is 53.3 Å². The fourth-order valence-corrected chi connectivity index (χ4v) is 10.6. The van der Waals surface area contributed by atoms with E-state index < -0.39 is 16.6 Å². The Labute approximate surface area is 201 Å². The summed E-state index contributed by atoms with van der Waals surface area (Å²) in [6.07, 6.45) is 2.82. The van der Waals surface area contributed by atoms with Gasteiger partial charge in [-0.25, -0.2) is 0 Å². The first-order valence-corrected chi connectivity index (χ1v) is 17.0. The number of rotatable bonds is 9. The van der Waals surface area contributed by atoms with Crippen LogP contribution in [0.5, 0.6) is 0 Å². The van der Waals surface area contributed by atoms with Crippen molar-refractivity contribution in [3.63, 3.8) is 0 Å². The van der Waals surface area contributed by atoms with Crippen molar-refractivity contribution >= 4 is 33.0 Å². The van der Waals surface area contributed by atoms with Crippen LogP contribution in [-0.4, -0.2) is 41.9 Å². The molecule has 3 rings (SSSR count). The maximum absolute atomic E-state index is 11.4. The van der Waals surface area contributed by atoms with Crippen LogP contribution >= 0.6 is 0 Å². The van der Waals surface area contributed by atoms with Crippen molar-refractivity contribution in [2.45, 2.75) is 76.7 Å². The lowest BCUT2D eigenvalue weighted by atomic mass is 10.1. The van der Waals surface area contributed by atoms with Crippen molar-refractivity contribution in [1.82, 2.24) is 0 Å². The van der Waals surface area contributed by atoms with Gasteiger partial charge >= 0.3 is 5.97 Å². The summed E-state index contributed by atoms with van der Waals surface area (Å²) < 4.78 is 19.0. The van der Waals surface area contributed by atoms with Crippen LogP contribution in [0.4, 0.5) is 0 Å². The molecule has 0 spiro atoms. The largest absolute Gasteiger partial charge is 0.466 e. The lowest BCUT2D eigenvalue weighted by molar-refractivity contribution is -0.141. The highest BCUT2D eigenvalue weighted by Gasteiger charge is 2.53. The van der Waals surface area contributed by atoms with Gasteiger partial charge in [-0.3, -0.25) is 4.79 Å². The molecule has 2 aromatic carbocycles. The summed E-state index contributed by atoms with van der Waals surface area (Å²) in [7, 11) is -4.31. The Kier molecular flexibility index (Phi) is 8.37. The third-order valence-corrected chi connectivity index (χ3v) is 16.7. The van der Waals surface area contributed by atoms with E-state index in [1.807, 2.05) is 0 Å². The van der Waals surface area contributed by atoms with Crippen molar-refractivity contribution in [1.29, 1.82) is 0 Å². The Hall–Kier alpha value is -1.74. The van der Waals surface area contributed by atoms with Crippen molar-refractivity contribution in [3.05, 3.63) is 60.7 Å². The van der Waals surface area contributed by atoms with Gasteiger partial charge in [-0.2, -0.15) is 0 Å². The van der Waals surface area contributed by atoms with E-state index in [4.69, 9.17) is 13.6 Å². The monoisotopic (exact) mass is 484 g/mol. The van der Waals surface area contributed by atoms with E-state index in [2.05, 4.69) is 94.5 Å². The molecule has 33 heavy (non-hydrogen) atoms. The molecule has 1 aliphatic rings. The predicted octanol–water partition coefficient (Wildman–Crippen LogP) is 5.27. The van der Waals surface area contributed by atoms with Crippen LogP contribution in [0.25, 0.3) is 0 Å². The lowest BCUT2D eigenvalue weighted by Crippen LogP contribution is -2.61. The molecule has 180 valence electrons. The first kappa shape index (κ1) is 25.9. The fraction of sp³-hybridized carbons (Fsp3) is 0.519. The van der Waals surface area contributed by atoms with Gasteiger partial charge < -0.3 is 13.6 Å². The number of benzene rings is 2. The first-order chi connectivity index (χ1) is 15.6. The molecule has 1 fully saturated rings. The second kappa shape index (κ2) is 10.7. The smallest absolute Gasteiger partial charge is 0.302 e. The molecule has 2 atom stereocenters. The fourth-order valence-electron chi connectivity index (χ4n) is 4.54. The maximum atomic E-state index is 11.4. The number of esters is 1. The van der Waals surface area contributed by atoms with Crippen LogP contribution in [0.1, 0.15) is 47.0 Å². The van der Waals surface area contributed by atoms with Gasteiger partial charge in [0.05, 0.1) is 6.61 Å². The summed E-state index contributed by atoms with van der Waals surface area (Å²) >= 11 is 0. The van der Waals surface area contributed by atoms with E-state index in [-0.39, 0.29) is 17.1 Å². The Balaban J connectivity index is 1.87. The molecular formula is C27H40O4Si2. The van der Waals surface area contributed by atoms with E-state index in [1.165, 1.54) is 17.3 Å². The van der Waals surface area contributed by atoms with Crippen molar-refractivity contribution in [2.75, 3.05) is 13.2 Å². The zero-order valence-electron chi connectivity index (χ0n) is 21.1. The second-order valence-corrected chi connectivity index (χ2v) is 19.2. The molecule has 2 aromatic rings. The van der Waals surface area contributed by atoms with Gasteiger partial charge in [-0.1, -0.05) is 81.4 Å². The number of carbonyl (C=O) groups is 1. The van der Waals surface area contributed by atoms with E-state index in [9.17, 15) is 4.79 Å². The highest BCUT2D eigenvalue weighted by molar-refractivity contribution is 6.99. The maximum Gasteiger partial charge on any atom is 0.302 e. The summed E-state index contributed by atoms with van der Waals surface area (Å²) in [5.74, 6) is -0.222. The van der Waals surface area contributed by atoms with E-state index in [0.717, 1.165) is 25.9 Å². The van der Waals surface area contributed by atoms with E-state index in [0.29, 0.717) is 12.1 Å². The van der Waals surface area contributed by atoms with Crippen LogP contribution in [0.2, 0.25) is 23.7 Å². The van der Waals surface area contributed by atoms with Gasteiger partial charge in [0.15, 0.2) is 8.32 Å². The topological polar surface area (TPSA) is 44.8 Å². The Morgan fingerprint density at radius 3 is 2.00 bits per heavy atom. The molecule has 0 saturated carbocycles. The summed E-state index contributed by atoms with van der Waals surface area (Å²) in [4.78, 5) is 11.4. The Morgan fingerprint density at radius 2 is 1.52 bits per heavy atom. The van der Waals surface area contributed by atoms with Crippen LogP contribution in [-0.2, 0) is 18.4 Å². The molecule has 1 aliphatic heterocycles. The summed E-state index contributed by atoms with van der Waals surface area (Å²) in [5, 5.41) is 2.77. The molecule has 4 nitrogen and oxygen atoms in total. The first-order valence-electron chi connectivity index (χ1n) is 12.1. The van der Waals surface area contributed by atoms with Gasteiger partial charge in [-0.15, -0.1) is 0 Å². The molecule has 0 aliphatic carbocycles. The molecular weight excluding hydrogens is 444 g/mol. The zero-order chi connectivity index (χ0) is 24.1. The van der Waals surface area contributed by atoms with E-state index >= 15 is 0 Å². The number of hydrogen-bond acceptors (Lipinski definition) is 4. The average Bonchev–Trinajstić information content (AvgIpc) is 3.13. The predicted molar refractivity (Wildman–Crippen MR) is 140 cm³/mol. The average molecular weight is 485 g/mol. The minimum atomic E-state index is -2.52. The minimum Gasteiger partial charge on any atom is -0.466 e. The minimum absolute atomic E-state index is 0.143. The molecule has 0 radical (unpaired) electrons. The lowest BCUT2D eigenvalue weighted by Gasteiger charge is -2.36. The summed E-state index contributed by atoms with van der Waals surface area (Å²) in [6, 6.07) is 21.4. The highest BCUT2D eigenvalue weighted by atomic mass is 28.4. The molecule has 1 heterocycles. The van der Waals surface area contributed by atoms with E-state index in [1.54, 1.807) is 0 Å². The molecule has 0 aromatic heterocycles.